The molecule has 1 N–H and O–H groups in total. The van der Waals surface area contributed by atoms with E-state index in [1.54, 1.807) is 6.33 Å². The Morgan fingerprint density at radius 3 is 2.90 bits per heavy atom. The van der Waals surface area contributed by atoms with E-state index in [1.165, 1.54) is 4.90 Å². The molecule has 1 atom stereocenters. The van der Waals surface area contributed by atoms with E-state index in [0.717, 1.165) is 29.0 Å². The van der Waals surface area contributed by atoms with E-state index >= 15 is 0 Å². The van der Waals surface area contributed by atoms with Crippen molar-refractivity contribution in [3.63, 3.8) is 0 Å². The molecule has 4 nitrogen and oxygen atoms in total. The van der Waals surface area contributed by atoms with Crippen molar-refractivity contribution in [3.05, 3.63) is 40.9 Å². The zero-order chi connectivity index (χ0) is 14.4. The molecule has 0 amide bonds. The number of nitrogens with zero attached hydrogens (tertiary/aromatic N) is 3. The first-order valence-electron chi connectivity index (χ1n) is 6.65. The molecule has 20 heavy (non-hydrogen) atoms. The van der Waals surface area contributed by atoms with E-state index in [9.17, 15) is 0 Å². The lowest BCUT2D eigenvalue weighted by Gasteiger charge is -2.16. The number of rotatable bonds is 7. The SMILES string of the molecule is CCn1ncnc1CC(CSc1ccccc1Br)NC. The van der Waals surface area contributed by atoms with Gasteiger partial charge in [-0.3, -0.25) is 4.68 Å². The van der Waals surface area contributed by atoms with Crippen LogP contribution in [0.25, 0.3) is 0 Å². The minimum absolute atomic E-state index is 0.376. The van der Waals surface area contributed by atoms with Crippen LogP contribution >= 0.6 is 27.7 Å². The second kappa shape index (κ2) is 7.81. The van der Waals surface area contributed by atoms with Gasteiger partial charge in [-0.25, -0.2) is 4.98 Å². The highest BCUT2D eigenvalue weighted by Gasteiger charge is 2.13. The third-order valence-electron chi connectivity index (χ3n) is 3.11. The minimum atomic E-state index is 0.376. The third-order valence-corrected chi connectivity index (χ3v) is 5.30. The van der Waals surface area contributed by atoms with E-state index in [1.807, 2.05) is 29.6 Å². The molecule has 0 aliphatic carbocycles. The van der Waals surface area contributed by atoms with Crippen molar-refractivity contribution in [2.24, 2.45) is 0 Å². The number of hydrogen-bond acceptors (Lipinski definition) is 4. The van der Waals surface area contributed by atoms with Gasteiger partial charge in [0.05, 0.1) is 0 Å². The van der Waals surface area contributed by atoms with Crippen LogP contribution in [0, 0.1) is 0 Å². The molecule has 6 heteroatoms. The average molecular weight is 355 g/mol. The van der Waals surface area contributed by atoms with Crippen LogP contribution < -0.4 is 5.32 Å². The molecule has 0 fully saturated rings. The number of benzene rings is 1. The summed E-state index contributed by atoms with van der Waals surface area (Å²) in [4.78, 5) is 5.61. The van der Waals surface area contributed by atoms with Gasteiger partial charge in [0.2, 0.25) is 0 Å². The number of aromatic nitrogens is 3. The summed E-state index contributed by atoms with van der Waals surface area (Å²) in [6.07, 6.45) is 2.52. The predicted molar refractivity (Wildman–Crippen MR) is 87.1 cm³/mol. The Labute approximate surface area is 132 Å². The number of nitrogens with one attached hydrogen (secondary N) is 1. The Bertz CT molecular complexity index is 543. The fourth-order valence-electron chi connectivity index (χ4n) is 1.93. The Balaban J connectivity index is 1.94. The zero-order valence-corrected chi connectivity index (χ0v) is 14.1. The van der Waals surface area contributed by atoms with Crippen LogP contribution in [0.4, 0.5) is 0 Å². The van der Waals surface area contributed by atoms with Crippen LogP contribution in [-0.2, 0) is 13.0 Å². The standard InChI is InChI=1S/C14H19BrN4S/c1-3-19-14(17-10-18-19)8-11(16-2)9-20-13-7-5-4-6-12(13)15/h4-7,10-11,16H,3,8-9H2,1-2H3. The summed E-state index contributed by atoms with van der Waals surface area (Å²) >= 11 is 5.43. The topological polar surface area (TPSA) is 42.7 Å². The van der Waals surface area contributed by atoms with Gasteiger partial charge in [0.1, 0.15) is 12.2 Å². The van der Waals surface area contributed by atoms with Crippen LogP contribution in [0.3, 0.4) is 0 Å². The number of halogens is 1. The van der Waals surface area contributed by atoms with Crippen molar-refractivity contribution < 1.29 is 0 Å². The summed E-state index contributed by atoms with van der Waals surface area (Å²) in [5.41, 5.74) is 0. The average Bonchev–Trinajstić information content (AvgIpc) is 2.92. The molecule has 0 aliphatic rings. The van der Waals surface area contributed by atoms with Crippen molar-refractivity contribution in [1.82, 2.24) is 20.1 Å². The Hall–Kier alpha value is -0.850. The number of thioether (sulfide) groups is 1. The molecule has 1 aromatic heterocycles. The van der Waals surface area contributed by atoms with Gasteiger partial charge in [0, 0.05) is 34.1 Å². The first-order valence-corrected chi connectivity index (χ1v) is 8.43. The van der Waals surface area contributed by atoms with Gasteiger partial charge in [-0.05, 0) is 42.0 Å². The first kappa shape index (κ1) is 15.5. The van der Waals surface area contributed by atoms with E-state index in [4.69, 9.17) is 0 Å². The number of aryl methyl sites for hydroxylation is 1. The summed E-state index contributed by atoms with van der Waals surface area (Å²) in [6, 6.07) is 8.69. The lowest BCUT2D eigenvalue weighted by molar-refractivity contribution is 0.549. The molecular formula is C14H19BrN4S. The van der Waals surface area contributed by atoms with Crippen LogP contribution in [0.15, 0.2) is 40.0 Å². The van der Waals surface area contributed by atoms with Crippen LogP contribution in [0.5, 0.6) is 0 Å². The molecule has 0 radical (unpaired) electrons. The summed E-state index contributed by atoms with van der Waals surface area (Å²) in [5.74, 6) is 2.04. The molecule has 0 aliphatic heterocycles. The maximum atomic E-state index is 4.34. The predicted octanol–water partition coefficient (Wildman–Crippen LogP) is 2.98. The minimum Gasteiger partial charge on any atom is -0.316 e. The molecule has 0 saturated heterocycles. The maximum absolute atomic E-state index is 4.34. The molecule has 0 bridgehead atoms. The third kappa shape index (κ3) is 4.07. The molecule has 1 aromatic carbocycles. The van der Waals surface area contributed by atoms with E-state index in [-0.39, 0.29) is 0 Å². The van der Waals surface area contributed by atoms with Gasteiger partial charge in [-0.2, -0.15) is 5.10 Å². The lowest BCUT2D eigenvalue weighted by Crippen LogP contribution is -2.31. The molecule has 0 spiro atoms. The smallest absolute Gasteiger partial charge is 0.138 e. The number of hydrogen-bond donors (Lipinski definition) is 1. The van der Waals surface area contributed by atoms with Gasteiger partial charge < -0.3 is 5.32 Å². The normalized spacial score (nSPS) is 12.6. The molecule has 2 aromatic rings. The van der Waals surface area contributed by atoms with Gasteiger partial charge in [-0.1, -0.05) is 12.1 Å². The molecule has 1 heterocycles. The monoisotopic (exact) mass is 354 g/mol. The van der Waals surface area contributed by atoms with Gasteiger partial charge in [-0.15, -0.1) is 11.8 Å². The van der Waals surface area contributed by atoms with Crippen LogP contribution in [-0.4, -0.2) is 33.6 Å². The van der Waals surface area contributed by atoms with E-state index in [2.05, 4.69) is 56.5 Å². The highest BCUT2D eigenvalue weighted by Crippen LogP contribution is 2.27. The lowest BCUT2D eigenvalue weighted by atomic mass is 10.2. The second-order valence-electron chi connectivity index (χ2n) is 4.42. The zero-order valence-electron chi connectivity index (χ0n) is 11.7. The summed E-state index contributed by atoms with van der Waals surface area (Å²) in [7, 11) is 2.00. The highest BCUT2D eigenvalue weighted by atomic mass is 79.9. The highest BCUT2D eigenvalue weighted by molar-refractivity contribution is 9.10. The summed E-state index contributed by atoms with van der Waals surface area (Å²) in [6.45, 7) is 2.95. The van der Waals surface area contributed by atoms with Crippen LogP contribution in [0.2, 0.25) is 0 Å². The fraction of sp³-hybridized carbons (Fsp3) is 0.429. The Kier molecular flexibility index (Phi) is 6.06. The van der Waals surface area contributed by atoms with Crippen molar-refractivity contribution in [2.45, 2.75) is 30.8 Å². The van der Waals surface area contributed by atoms with E-state index < -0.39 is 0 Å². The van der Waals surface area contributed by atoms with Gasteiger partial charge in [0.25, 0.3) is 0 Å². The largest absolute Gasteiger partial charge is 0.316 e. The maximum Gasteiger partial charge on any atom is 0.138 e. The molecule has 0 saturated carbocycles. The molecule has 108 valence electrons. The molecule has 1 unspecified atom stereocenters. The van der Waals surface area contributed by atoms with Crippen molar-refractivity contribution in [3.8, 4) is 0 Å². The molecular weight excluding hydrogens is 336 g/mol. The summed E-state index contributed by atoms with van der Waals surface area (Å²) < 4.78 is 3.10. The van der Waals surface area contributed by atoms with Crippen molar-refractivity contribution in [1.29, 1.82) is 0 Å². The van der Waals surface area contributed by atoms with Crippen molar-refractivity contribution >= 4 is 27.7 Å². The van der Waals surface area contributed by atoms with Gasteiger partial charge >= 0.3 is 0 Å². The van der Waals surface area contributed by atoms with Crippen molar-refractivity contribution in [2.75, 3.05) is 12.8 Å². The Morgan fingerprint density at radius 1 is 1.40 bits per heavy atom. The van der Waals surface area contributed by atoms with Crippen LogP contribution in [0.1, 0.15) is 12.7 Å². The fourth-order valence-corrected chi connectivity index (χ4v) is 3.60. The quantitative estimate of drug-likeness (QED) is 0.776. The Morgan fingerprint density at radius 2 is 2.20 bits per heavy atom. The molecule has 2 rings (SSSR count). The summed E-state index contributed by atoms with van der Waals surface area (Å²) in [5, 5.41) is 7.58. The number of likely N-dealkylation sites (N-methyl/N-ethyl adjacent to an activating group) is 1. The van der Waals surface area contributed by atoms with Gasteiger partial charge in [0.15, 0.2) is 0 Å². The first-order chi connectivity index (χ1) is 9.74. The van der Waals surface area contributed by atoms with E-state index in [0.29, 0.717) is 6.04 Å². The second-order valence-corrected chi connectivity index (χ2v) is 6.34.